The molecule has 8 heteroatoms. The Morgan fingerprint density at radius 1 is 1.04 bits per heavy atom. The third-order valence-electron chi connectivity index (χ3n) is 5.11. The molecular formula is C18H15ClF2O4S. The molecule has 2 atom stereocenters. The molecule has 0 spiro atoms. The lowest BCUT2D eigenvalue weighted by Gasteiger charge is -2.46. The minimum absolute atomic E-state index is 0.00492. The number of benzene rings is 2. The Hall–Kier alpha value is -1.70. The summed E-state index contributed by atoms with van der Waals surface area (Å²) in [6, 6.07) is 7.56. The second-order valence-electron chi connectivity index (χ2n) is 6.41. The SMILES string of the molecule is O=S(=O)(c1ccc(Cl)cc1)[C@@]12CCOC[C@@H]1COc1c(F)ccc(F)c12. The molecule has 0 N–H and O–H groups in total. The fourth-order valence-corrected chi connectivity index (χ4v) is 6.29. The highest BCUT2D eigenvalue weighted by Crippen LogP contribution is 2.53. The maximum absolute atomic E-state index is 14.8. The van der Waals surface area contributed by atoms with Gasteiger partial charge in [-0.1, -0.05) is 11.6 Å². The van der Waals surface area contributed by atoms with Crippen molar-refractivity contribution < 1.29 is 26.7 Å². The Labute approximate surface area is 154 Å². The number of rotatable bonds is 2. The van der Waals surface area contributed by atoms with E-state index < -0.39 is 32.1 Å². The van der Waals surface area contributed by atoms with E-state index in [2.05, 4.69) is 0 Å². The van der Waals surface area contributed by atoms with Crippen molar-refractivity contribution >= 4 is 21.4 Å². The standard InChI is InChI=1S/C18H15ClF2O4S/c19-12-1-3-13(4-2-12)26(22,23)18-7-8-24-9-11(18)10-25-17-15(21)6-5-14(20)16(17)18/h1-6,11H,7-10H2/t11-,18+/m1/s1. The van der Waals surface area contributed by atoms with E-state index in [1.165, 1.54) is 24.3 Å². The van der Waals surface area contributed by atoms with Crippen molar-refractivity contribution in [3.63, 3.8) is 0 Å². The van der Waals surface area contributed by atoms with E-state index in [-0.39, 0.29) is 42.4 Å². The minimum atomic E-state index is -4.08. The fraction of sp³-hybridized carbons (Fsp3) is 0.333. The van der Waals surface area contributed by atoms with Gasteiger partial charge in [0.1, 0.15) is 10.6 Å². The summed E-state index contributed by atoms with van der Waals surface area (Å²) in [6.45, 7) is 0.140. The van der Waals surface area contributed by atoms with Gasteiger partial charge in [-0.2, -0.15) is 0 Å². The Kier molecular flexibility index (Phi) is 4.21. The molecule has 0 radical (unpaired) electrons. The molecule has 0 aromatic heterocycles. The van der Waals surface area contributed by atoms with Gasteiger partial charge in [-0.15, -0.1) is 0 Å². The number of sulfone groups is 1. The Balaban J connectivity index is 2.02. The van der Waals surface area contributed by atoms with Gasteiger partial charge in [-0.3, -0.25) is 0 Å². The van der Waals surface area contributed by atoms with Gasteiger partial charge in [0.15, 0.2) is 21.4 Å². The molecule has 4 nitrogen and oxygen atoms in total. The van der Waals surface area contributed by atoms with Gasteiger partial charge >= 0.3 is 0 Å². The van der Waals surface area contributed by atoms with Gasteiger partial charge in [0.25, 0.3) is 0 Å². The summed E-state index contributed by atoms with van der Waals surface area (Å²) < 4.78 is 65.5. The minimum Gasteiger partial charge on any atom is -0.490 e. The first-order valence-electron chi connectivity index (χ1n) is 8.07. The van der Waals surface area contributed by atoms with Crippen molar-refractivity contribution in [2.45, 2.75) is 16.1 Å². The van der Waals surface area contributed by atoms with Crippen LogP contribution >= 0.6 is 11.6 Å². The van der Waals surface area contributed by atoms with Gasteiger partial charge in [0.2, 0.25) is 0 Å². The molecule has 1 saturated heterocycles. The van der Waals surface area contributed by atoms with Crippen molar-refractivity contribution in [2.75, 3.05) is 19.8 Å². The normalized spacial score (nSPS) is 25.1. The Morgan fingerprint density at radius 2 is 1.73 bits per heavy atom. The number of hydrogen-bond donors (Lipinski definition) is 0. The highest BCUT2D eigenvalue weighted by atomic mass is 35.5. The molecule has 2 aliphatic heterocycles. The van der Waals surface area contributed by atoms with Crippen molar-refractivity contribution in [1.82, 2.24) is 0 Å². The van der Waals surface area contributed by atoms with Crippen LogP contribution in [0.4, 0.5) is 8.78 Å². The second kappa shape index (κ2) is 6.18. The first kappa shape index (κ1) is 17.7. The summed E-state index contributed by atoms with van der Waals surface area (Å²) in [5.74, 6) is -2.57. The highest BCUT2D eigenvalue weighted by Gasteiger charge is 2.59. The van der Waals surface area contributed by atoms with Gasteiger partial charge in [-0.25, -0.2) is 17.2 Å². The van der Waals surface area contributed by atoms with Crippen LogP contribution in [0.2, 0.25) is 5.02 Å². The molecule has 26 heavy (non-hydrogen) atoms. The molecular weight excluding hydrogens is 386 g/mol. The van der Waals surface area contributed by atoms with E-state index in [1.54, 1.807) is 0 Å². The van der Waals surface area contributed by atoms with E-state index >= 15 is 0 Å². The predicted octanol–water partition coefficient (Wildman–Crippen LogP) is 3.72. The molecule has 2 heterocycles. The van der Waals surface area contributed by atoms with Gasteiger partial charge in [0.05, 0.1) is 23.7 Å². The zero-order chi connectivity index (χ0) is 18.5. The number of ether oxygens (including phenoxy) is 2. The Morgan fingerprint density at radius 3 is 2.46 bits per heavy atom. The molecule has 0 bridgehead atoms. The first-order chi connectivity index (χ1) is 12.4. The lowest BCUT2D eigenvalue weighted by atomic mass is 9.79. The maximum Gasteiger partial charge on any atom is 0.189 e. The average molecular weight is 401 g/mol. The van der Waals surface area contributed by atoms with Crippen LogP contribution < -0.4 is 4.74 Å². The average Bonchev–Trinajstić information content (AvgIpc) is 2.64. The van der Waals surface area contributed by atoms with Crippen LogP contribution in [-0.4, -0.2) is 28.2 Å². The van der Waals surface area contributed by atoms with Crippen molar-refractivity contribution in [1.29, 1.82) is 0 Å². The first-order valence-corrected chi connectivity index (χ1v) is 9.93. The van der Waals surface area contributed by atoms with Crippen LogP contribution in [0, 0.1) is 17.6 Å². The number of fused-ring (bicyclic) bond motifs is 3. The molecule has 1 fully saturated rings. The maximum atomic E-state index is 14.8. The van der Waals surface area contributed by atoms with E-state index in [1.807, 2.05) is 0 Å². The van der Waals surface area contributed by atoms with Crippen molar-refractivity contribution in [3.05, 3.63) is 58.6 Å². The third-order valence-corrected chi connectivity index (χ3v) is 7.96. The lowest BCUT2D eigenvalue weighted by molar-refractivity contribution is -0.00653. The lowest BCUT2D eigenvalue weighted by Crippen LogP contribution is -2.54. The van der Waals surface area contributed by atoms with E-state index in [9.17, 15) is 17.2 Å². The predicted molar refractivity (Wildman–Crippen MR) is 91.1 cm³/mol. The molecule has 138 valence electrons. The molecule has 2 aromatic carbocycles. The number of halogens is 3. The van der Waals surface area contributed by atoms with Crippen LogP contribution in [-0.2, 0) is 19.3 Å². The van der Waals surface area contributed by atoms with Gasteiger partial charge in [0, 0.05) is 17.5 Å². The van der Waals surface area contributed by atoms with E-state index in [0.717, 1.165) is 12.1 Å². The molecule has 0 amide bonds. The van der Waals surface area contributed by atoms with Gasteiger partial charge < -0.3 is 9.47 Å². The summed E-state index contributed by atoms with van der Waals surface area (Å²) in [6.07, 6.45) is 0.0133. The molecule has 0 aliphatic carbocycles. The van der Waals surface area contributed by atoms with Crippen LogP contribution in [0.3, 0.4) is 0 Å². The fourth-order valence-electron chi connectivity index (χ4n) is 3.86. The third kappa shape index (κ3) is 2.37. The summed E-state index contributed by atoms with van der Waals surface area (Å²) >= 11 is 5.87. The Bertz CT molecular complexity index is 962. The van der Waals surface area contributed by atoms with Gasteiger partial charge in [-0.05, 0) is 42.8 Å². The quantitative estimate of drug-likeness (QED) is 0.771. The van der Waals surface area contributed by atoms with Crippen molar-refractivity contribution in [2.24, 2.45) is 5.92 Å². The topological polar surface area (TPSA) is 52.6 Å². The highest BCUT2D eigenvalue weighted by molar-refractivity contribution is 7.92. The monoisotopic (exact) mass is 400 g/mol. The molecule has 0 saturated carbocycles. The van der Waals surface area contributed by atoms with Crippen LogP contribution in [0.25, 0.3) is 0 Å². The smallest absolute Gasteiger partial charge is 0.189 e. The summed E-state index contributed by atoms with van der Waals surface area (Å²) in [7, 11) is -4.08. The summed E-state index contributed by atoms with van der Waals surface area (Å²) in [4.78, 5) is 0.00492. The molecule has 0 unspecified atom stereocenters. The second-order valence-corrected chi connectivity index (χ2v) is 9.06. The van der Waals surface area contributed by atoms with Crippen LogP contribution in [0.15, 0.2) is 41.3 Å². The summed E-state index contributed by atoms with van der Waals surface area (Å²) in [5.41, 5.74) is -0.244. The molecule has 4 rings (SSSR count). The largest absolute Gasteiger partial charge is 0.490 e. The van der Waals surface area contributed by atoms with E-state index in [0.29, 0.717) is 5.02 Å². The van der Waals surface area contributed by atoms with E-state index in [4.69, 9.17) is 21.1 Å². The van der Waals surface area contributed by atoms with Crippen molar-refractivity contribution in [3.8, 4) is 5.75 Å². The zero-order valence-electron chi connectivity index (χ0n) is 13.5. The zero-order valence-corrected chi connectivity index (χ0v) is 15.1. The van der Waals surface area contributed by atoms with Crippen LogP contribution in [0.5, 0.6) is 5.75 Å². The number of hydrogen-bond acceptors (Lipinski definition) is 4. The molecule has 2 aliphatic rings. The molecule has 2 aromatic rings. The van der Waals surface area contributed by atoms with Crippen LogP contribution in [0.1, 0.15) is 12.0 Å². The summed E-state index contributed by atoms with van der Waals surface area (Å²) in [5, 5.41) is 0.384.